The Morgan fingerprint density at radius 2 is 1.50 bits per heavy atom. The number of Topliss-reactive ketones (excluding diaryl/α,β-unsaturated/α-hetero) is 1. The third-order valence-corrected chi connectivity index (χ3v) is 4.41. The van der Waals surface area contributed by atoms with Crippen LogP contribution in [0.5, 0.6) is 0 Å². The van der Waals surface area contributed by atoms with Crippen molar-refractivity contribution in [3.63, 3.8) is 0 Å². The molecule has 1 aromatic rings. The molecule has 1 aliphatic rings. The van der Waals surface area contributed by atoms with Gasteiger partial charge in [0.1, 0.15) is 5.76 Å². The number of carbonyl (C=O) groups is 2. The van der Waals surface area contributed by atoms with Crippen molar-refractivity contribution in [1.29, 1.82) is 0 Å². The molecule has 1 amide bonds. The van der Waals surface area contributed by atoms with E-state index in [0.29, 0.717) is 0 Å². The van der Waals surface area contributed by atoms with Crippen molar-refractivity contribution >= 4 is 11.7 Å². The first-order valence-corrected chi connectivity index (χ1v) is 8.09. The zero-order valence-electron chi connectivity index (χ0n) is 14.8. The second-order valence-corrected chi connectivity index (χ2v) is 7.33. The first kappa shape index (κ1) is 21.8. The lowest BCUT2D eigenvalue weighted by Gasteiger charge is -2.42. The number of alkyl halides is 6. The molecule has 1 aliphatic carbocycles. The lowest BCUT2D eigenvalue weighted by molar-refractivity contribution is -0.291. The Morgan fingerprint density at radius 3 is 1.93 bits per heavy atom. The highest BCUT2D eigenvalue weighted by Gasteiger charge is 2.76. The van der Waals surface area contributed by atoms with Gasteiger partial charge in [0.05, 0.1) is 5.57 Å². The fraction of sp³-hybridized carbons (Fsp3) is 0.444. The van der Waals surface area contributed by atoms with Gasteiger partial charge >= 0.3 is 12.4 Å². The molecule has 2 rings (SSSR count). The quantitative estimate of drug-likeness (QED) is 0.724. The van der Waals surface area contributed by atoms with Crippen LogP contribution >= 0.6 is 0 Å². The molecule has 0 radical (unpaired) electrons. The summed E-state index contributed by atoms with van der Waals surface area (Å²) in [7, 11) is 0. The minimum atomic E-state index is -6.14. The summed E-state index contributed by atoms with van der Waals surface area (Å²) in [4.78, 5) is 24.5. The Balaban J connectivity index is 2.73. The molecule has 0 bridgehead atoms. The Bertz CT molecular complexity index is 795. The summed E-state index contributed by atoms with van der Waals surface area (Å²) < 4.78 is 83.0. The van der Waals surface area contributed by atoms with E-state index >= 15 is 0 Å². The normalized spacial score (nSPS) is 18.2. The number of halogens is 6. The number of carbonyl (C=O) groups excluding carboxylic acids is 2. The number of benzene rings is 1. The molecule has 0 unspecified atom stereocenters. The van der Waals surface area contributed by atoms with E-state index in [2.05, 4.69) is 0 Å². The Morgan fingerprint density at radius 1 is 1.00 bits per heavy atom. The molecule has 10 heteroatoms. The lowest BCUT2D eigenvalue weighted by Crippen LogP contribution is -2.70. The van der Waals surface area contributed by atoms with E-state index in [4.69, 9.17) is 0 Å². The first-order chi connectivity index (χ1) is 12.6. The van der Waals surface area contributed by atoms with E-state index in [1.807, 2.05) is 0 Å². The summed E-state index contributed by atoms with van der Waals surface area (Å²) in [6.07, 6.45) is -13.5. The molecule has 0 aliphatic heterocycles. The van der Waals surface area contributed by atoms with E-state index in [0.717, 1.165) is 17.4 Å². The maximum absolute atomic E-state index is 13.8. The molecule has 1 aromatic carbocycles. The second-order valence-electron chi connectivity index (χ2n) is 7.33. The third-order valence-electron chi connectivity index (χ3n) is 4.41. The molecule has 0 saturated heterocycles. The van der Waals surface area contributed by atoms with Crippen LogP contribution < -0.4 is 5.32 Å². The van der Waals surface area contributed by atoms with Crippen LogP contribution in [0.25, 0.3) is 0 Å². The number of aliphatic hydroxyl groups is 1. The van der Waals surface area contributed by atoms with Gasteiger partial charge in [0.25, 0.3) is 11.4 Å². The fourth-order valence-corrected chi connectivity index (χ4v) is 3.19. The highest BCUT2D eigenvalue weighted by Crippen LogP contribution is 2.52. The van der Waals surface area contributed by atoms with Crippen molar-refractivity contribution in [2.75, 3.05) is 0 Å². The SMILES string of the molecule is CC1(C)CC(=O)C(C(NC(=O)c2ccccc2)(C(F)(F)F)C(F)(F)F)=C(O)C1. The van der Waals surface area contributed by atoms with Crippen LogP contribution in [0.4, 0.5) is 26.3 Å². The van der Waals surface area contributed by atoms with Gasteiger partial charge in [-0.3, -0.25) is 9.59 Å². The predicted octanol–water partition coefficient (Wildman–Crippen LogP) is 4.48. The van der Waals surface area contributed by atoms with E-state index in [-0.39, 0.29) is 0 Å². The van der Waals surface area contributed by atoms with Crippen molar-refractivity contribution < 1.29 is 41.0 Å². The summed E-state index contributed by atoms with van der Waals surface area (Å²) in [5.74, 6) is -4.56. The number of aliphatic hydroxyl groups excluding tert-OH is 1. The maximum atomic E-state index is 13.8. The molecule has 0 atom stereocenters. The molecule has 0 saturated carbocycles. The number of amides is 1. The number of rotatable bonds is 3. The van der Waals surface area contributed by atoms with Crippen molar-refractivity contribution in [2.24, 2.45) is 5.41 Å². The molecular weight excluding hydrogens is 392 g/mol. The van der Waals surface area contributed by atoms with Crippen LogP contribution in [0, 0.1) is 5.41 Å². The molecule has 2 N–H and O–H groups in total. The average molecular weight is 409 g/mol. The van der Waals surface area contributed by atoms with Gasteiger partial charge in [0.2, 0.25) is 0 Å². The van der Waals surface area contributed by atoms with Crippen LogP contribution in [0.2, 0.25) is 0 Å². The van der Waals surface area contributed by atoms with Crippen LogP contribution in [-0.4, -0.2) is 34.7 Å². The van der Waals surface area contributed by atoms with E-state index < -0.39 is 64.7 Å². The van der Waals surface area contributed by atoms with Crippen LogP contribution in [0.15, 0.2) is 41.7 Å². The minimum Gasteiger partial charge on any atom is -0.512 e. The Kier molecular flexibility index (Phi) is 5.31. The molecule has 0 spiro atoms. The maximum Gasteiger partial charge on any atom is 0.425 e. The number of allylic oxidation sites excluding steroid dienone is 1. The Hall–Kier alpha value is -2.52. The summed E-state index contributed by atoms with van der Waals surface area (Å²) in [5, 5.41) is 11.0. The zero-order chi connectivity index (χ0) is 21.5. The summed E-state index contributed by atoms with van der Waals surface area (Å²) in [6, 6.07) is 5.96. The van der Waals surface area contributed by atoms with E-state index in [1.54, 1.807) is 0 Å². The smallest absolute Gasteiger partial charge is 0.425 e. The van der Waals surface area contributed by atoms with Gasteiger partial charge in [-0.05, 0) is 17.5 Å². The molecule has 0 heterocycles. The topological polar surface area (TPSA) is 66.4 Å². The van der Waals surface area contributed by atoms with Crippen molar-refractivity contribution in [3.05, 3.63) is 47.2 Å². The van der Waals surface area contributed by atoms with Gasteiger partial charge in [-0.25, -0.2) is 0 Å². The number of nitrogens with one attached hydrogen (secondary N) is 1. The van der Waals surface area contributed by atoms with Crippen LogP contribution in [-0.2, 0) is 4.79 Å². The largest absolute Gasteiger partial charge is 0.512 e. The van der Waals surface area contributed by atoms with Crippen molar-refractivity contribution in [1.82, 2.24) is 5.32 Å². The molecule has 28 heavy (non-hydrogen) atoms. The van der Waals surface area contributed by atoms with Gasteiger partial charge < -0.3 is 10.4 Å². The zero-order valence-corrected chi connectivity index (χ0v) is 14.8. The Labute approximate surface area is 156 Å². The van der Waals surface area contributed by atoms with Gasteiger partial charge in [0.15, 0.2) is 5.78 Å². The van der Waals surface area contributed by atoms with Gasteiger partial charge in [0, 0.05) is 18.4 Å². The second kappa shape index (κ2) is 6.82. The van der Waals surface area contributed by atoms with Crippen LogP contribution in [0.1, 0.15) is 37.0 Å². The first-order valence-electron chi connectivity index (χ1n) is 8.09. The van der Waals surface area contributed by atoms with E-state index in [1.165, 1.54) is 32.0 Å². The van der Waals surface area contributed by atoms with Crippen molar-refractivity contribution in [2.45, 2.75) is 44.6 Å². The van der Waals surface area contributed by atoms with E-state index in [9.17, 15) is 41.0 Å². The van der Waals surface area contributed by atoms with Gasteiger partial charge in [-0.1, -0.05) is 32.0 Å². The predicted molar refractivity (Wildman–Crippen MR) is 86.4 cm³/mol. The molecule has 4 nitrogen and oxygen atoms in total. The average Bonchev–Trinajstić information content (AvgIpc) is 2.50. The highest BCUT2D eigenvalue weighted by molar-refractivity contribution is 6.02. The van der Waals surface area contributed by atoms with Gasteiger partial charge in [-0.2, -0.15) is 26.3 Å². The molecule has 0 aromatic heterocycles. The summed E-state index contributed by atoms with van der Waals surface area (Å²) in [5.41, 5.74) is -8.43. The van der Waals surface area contributed by atoms with Crippen molar-refractivity contribution in [3.8, 4) is 0 Å². The van der Waals surface area contributed by atoms with Crippen LogP contribution in [0.3, 0.4) is 0 Å². The fourth-order valence-electron chi connectivity index (χ4n) is 3.19. The standard InChI is InChI=1S/C18H17F6NO3/c1-15(2)8-11(26)13(12(27)9-15)16(17(19,20)21,18(22,23)24)25-14(28)10-6-4-3-5-7-10/h3-7,26H,8-9H2,1-2H3,(H,25,28). The molecular formula is C18H17F6NO3. The lowest BCUT2D eigenvalue weighted by atomic mass is 9.70. The minimum absolute atomic E-state index is 0.468. The monoisotopic (exact) mass is 409 g/mol. The number of hydrogen-bond donors (Lipinski definition) is 2. The third kappa shape index (κ3) is 3.72. The highest BCUT2D eigenvalue weighted by atomic mass is 19.4. The summed E-state index contributed by atoms with van der Waals surface area (Å²) >= 11 is 0. The van der Waals surface area contributed by atoms with Gasteiger partial charge in [-0.15, -0.1) is 0 Å². The number of hydrogen-bond acceptors (Lipinski definition) is 3. The molecule has 0 fully saturated rings. The number of ketones is 1. The molecule has 154 valence electrons. The summed E-state index contributed by atoms with van der Waals surface area (Å²) in [6.45, 7) is 2.84.